The van der Waals surface area contributed by atoms with Crippen LogP contribution in [0, 0.1) is 0 Å². The molecule has 4 aromatic rings. The van der Waals surface area contributed by atoms with Crippen molar-refractivity contribution >= 4 is 52.2 Å². The number of anilines is 3. The summed E-state index contributed by atoms with van der Waals surface area (Å²) in [5.41, 5.74) is 9.35. The summed E-state index contributed by atoms with van der Waals surface area (Å²) >= 11 is 0. The molecule has 0 saturated carbocycles. The van der Waals surface area contributed by atoms with Gasteiger partial charge >= 0.3 is 24.2 Å². The number of carbonyl (C=O) groups excluding carboxylic acids is 3. The quantitative estimate of drug-likeness (QED) is 0.102. The summed E-state index contributed by atoms with van der Waals surface area (Å²) in [6.45, 7) is 14.6. The number of aromatic nitrogens is 1. The lowest BCUT2D eigenvalue weighted by atomic mass is 9.90. The lowest BCUT2D eigenvalue weighted by Crippen LogP contribution is -2.44. The monoisotopic (exact) mass is 741 g/mol. The van der Waals surface area contributed by atoms with Crippen LogP contribution in [0.2, 0.25) is 0 Å². The third-order valence-corrected chi connectivity index (χ3v) is 8.21. The van der Waals surface area contributed by atoms with Crippen LogP contribution in [0.25, 0.3) is 10.8 Å². The molecule has 0 aliphatic heterocycles. The fraction of sp³-hybridized carbons (Fsp3) is 0.390. The number of ether oxygens (including phenoxy) is 3. The van der Waals surface area contributed by atoms with Crippen LogP contribution in [0.5, 0.6) is 0 Å². The molecule has 1 heterocycles. The summed E-state index contributed by atoms with van der Waals surface area (Å²) in [4.78, 5) is 57.1. The second-order valence-electron chi connectivity index (χ2n) is 14.7. The fourth-order valence-corrected chi connectivity index (χ4v) is 5.87. The Balaban J connectivity index is 1.59. The average molecular weight is 742 g/mol. The number of pyridine rings is 1. The first-order chi connectivity index (χ1) is 25.4. The van der Waals surface area contributed by atoms with Crippen LogP contribution in [0.1, 0.15) is 89.2 Å². The third-order valence-electron chi connectivity index (χ3n) is 8.21. The molecule has 5 N–H and O–H groups in total. The number of imide groups is 1. The average Bonchev–Trinajstić information content (AvgIpc) is 3.09. The van der Waals surface area contributed by atoms with Crippen molar-refractivity contribution < 1.29 is 38.5 Å². The first-order valence-corrected chi connectivity index (χ1v) is 17.9. The molecule has 13 heteroatoms. The number of amides is 3. The highest BCUT2D eigenvalue weighted by Gasteiger charge is 2.34. The number of rotatable bonds is 12. The normalized spacial score (nSPS) is 12.1. The van der Waals surface area contributed by atoms with E-state index in [0.29, 0.717) is 53.5 Å². The van der Waals surface area contributed by atoms with Crippen molar-refractivity contribution in [2.75, 3.05) is 22.1 Å². The smallest absolute Gasteiger partial charge is 0.425 e. The Labute approximate surface area is 316 Å². The molecule has 1 aromatic heterocycles. The second kappa shape index (κ2) is 17.4. The van der Waals surface area contributed by atoms with E-state index in [1.54, 1.807) is 77.9 Å². The van der Waals surface area contributed by atoms with E-state index in [2.05, 4.69) is 15.6 Å². The van der Waals surface area contributed by atoms with E-state index in [0.717, 1.165) is 27.2 Å². The molecule has 0 spiro atoms. The minimum atomic E-state index is -1.11. The van der Waals surface area contributed by atoms with Gasteiger partial charge in [-0.15, -0.1) is 0 Å². The molecule has 13 nitrogen and oxygen atoms in total. The minimum Gasteiger partial charge on any atom is -0.479 e. The van der Waals surface area contributed by atoms with Crippen LogP contribution in [-0.2, 0) is 44.8 Å². The number of nitrogens with zero attached hydrogens (tertiary/aromatic N) is 2. The zero-order chi connectivity index (χ0) is 39.8. The molecule has 0 radical (unpaired) electrons. The van der Waals surface area contributed by atoms with E-state index in [-0.39, 0.29) is 12.4 Å². The Bertz CT molecular complexity index is 1950. The summed E-state index contributed by atoms with van der Waals surface area (Å²) in [5, 5.41) is 17.3. The van der Waals surface area contributed by atoms with Crippen molar-refractivity contribution in [3.05, 3.63) is 94.7 Å². The molecule has 288 valence electrons. The number of fused-ring (bicyclic) bond motifs is 1. The summed E-state index contributed by atoms with van der Waals surface area (Å²) in [7, 11) is 0. The molecule has 1 atom stereocenters. The fourth-order valence-electron chi connectivity index (χ4n) is 5.87. The number of nitrogens with one attached hydrogen (secondary N) is 2. The van der Waals surface area contributed by atoms with E-state index in [4.69, 9.17) is 19.9 Å². The summed E-state index contributed by atoms with van der Waals surface area (Å²) in [5.74, 6) is -1.07. The lowest BCUT2D eigenvalue weighted by Gasteiger charge is -2.28. The van der Waals surface area contributed by atoms with Crippen LogP contribution < -0.4 is 21.3 Å². The number of carboxylic acid groups (broad SMARTS) is 1. The number of nitrogens with two attached hydrogens (primary N) is 1. The van der Waals surface area contributed by atoms with Crippen molar-refractivity contribution in [2.24, 2.45) is 5.73 Å². The number of aryl methyl sites for hydroxylation is 2. The maximum Gasteiger partial charge on any atom is 0.425 e. The van der Waals surface area contributed by atoms with Crippen LogP contribution >= 0.6 is 0 Å². The van der Waals surface area contributed by atoms with Gasteiger partial charge in [-0.05, 0) is 124 Å². The van der Waals surface area contributed by atoms with Crippen LogP contribution in [-0.4, -0.2) is 52.1 Å². The molecule has 0 fully saturated rings. The number of carboxylic acids is 1. The highest BCUT2D eigenvalue weighted by Crippen LogP contribution is 2.32. The number of hydrogen-bond donors (Lipinski definition) is 4. The Kier molecular flexibility index (Phi) is 13.3. The zero-order valence-corrected chi connectivity index (χ0v) is 32.2. The topological polar surface area (TPSA) is 182 Å². The Morgan fingerprint density at radius 1 is 0.852 bits per heavy atom. The molecule has 0 saturated heterocycles. The van der Waals surface area contributed by atoms with Crippen molar-refractivity contribution in [3.63, 3.8) is 0 Å². The van der Waals surface area contributed by atoms with Crippen molar-refractivity contribution in [3.8, 4) is 0 Å². The number of aliphatic carboxylic acids is 1. The summed E-state index contributed by atoms with van der Waals surface area (Å²) in [6, 6.07) is 16.6. The zero-order valence-electron chi connectivity index (χ0n) is 32.2. The van der Waals surface area contributed by atoms with E-state index in [1.165, 1.54) is 6.20 Å². The first kappa shape index (κ1) is 41.1. The van der Waals surface area contributed by atoms with Gasteiger partial charge in [0.05, 0.1) is 6.61 Å². The first-order valence-electron chi connectivity index (χ1n) is 17.9. The van der Waals surface area contributed by atoms with E-state index >= 15 is 0 Å². The maximum absolute atomic E-state index is 13.3. The van der Waals surface area contributed by atoms with E-state index in [9.17, 15) is 24.3 Å². The molecular formula is C41H51N5O8. The van der Waals surface area contributed by atoms with Crippen LogP contribution in [0.4, 0.5) is 31.6 Å². The number of hydrogen-bond acceptors (Lipinski definition) is 10. The van der Waals surface area contributed by atoms with Gasteiger partial charge in [0, 0.05) is 35.9 Å². The number of carbonyl (C=O) groups is 4. The van der Waals surface area contributed by atoms with Crippen molar-refractivity contribution in [1.29, 1.82) is 0 Å². The molecule has 3 amide bonds. The predicted octanol–water partition coefficient (Wildman–Crippen LogP) is 8.52. The molecule has 0 bridgehead atoms. The predicted molar refractivity (Wildman–Crippen MR) is 209 cm³/mol. The highest BCUT2D eigenvalue weighted by molar-refractivity contribution is 6.14. The number of benzene rings is 3. The van der Waals surface area contributed by atoms with E-state index in [1.807, 2.05) is 38.1 Å². The standard InChI is InChI=1S/C41H51N5O8/c1-9-26-21-29(22-27(10-2)32(26)17-19-52-37(49)45-30-13-11-12-25(20-30)24-42)34(36(47)48)44-31-14-15-33-28(23-31)16-18-43-35(33)46(38(50)53-40(3,4)5)39(51)54-41(6,7)8/h11-16,18,20-23,34,44H,9-10,17,19,24,42H2,1-8H3,(H,45,49)(H,47,48). The van der Waals surface area contributed by atoms with Crippen LogP contribution in [0.15, 0.2) is 66.9 Å². The van der Waals surface area contributed by atoms with Gasteiger partial charge in [-0.25, -0.2) is 24.2 Å². The molecular weight excluding hydrogens is 690 g/mol. The molecule has 0 aliphatic rings. The Hall–Kier alpha value is -5.69. The van der Waals surface area contributed by atoms with Gasteiger partial charge < -0.3 is 30.4 Å². The molecule has 3 aromatic carbocycles. The molecule has 54 heavy (non-hydrogen) atoms. The minimum absolute atomic E-state index is 0.00959. The van der Waals surface area contributed by atoms with Gasteiger partial charge in [-0.3, -0.25) is 5.32 Å². The van der Waals surface area contributed by atoms with Gasteiger partial charge in [0.25, 0.3) is 0 Å². The van der Waals surface area contributed by atoms with Crippen LogP contribution in [0.3, 0.4) is 0 Å². The largest absolute Gasteiger partial charge is 0.479 e. The van der Waals surface area contributed by atoms with Gasteiger partial charge in [0.2, 0.25) is 0 Å². The van der Waals surface area contributed by atoms with E-state index < -0.39 is 41.5 Å². The molecule has 1 unspecified atom stereocenters. The molecule has 4 rings (SSSR count). The summed E-state index contributed by atoms with van der Waals surface area (Å²) in [6.07, 6.45) is 0.706. The third kappa shape index (κ3) is 10.9. The maximum atomic E-state index is 13.3. The Morgan fingerprint density at radius 2 is 1.48 bits per heavy atom. The van der Waals surface area contributed by atoms with Gasteiger partial charge in [-0.1, -0.05) is 38.1 Å². The molecule has 0 aliphatic carbocycles. The van der Waals surface area contributed by atoms with Gasteiger partial charge in [-0.2, -0.15) is 4.90 Å². The second-order valence-corrected chi connectivity index (χ2v) is 14.7. The lowest BCUT2D eigenvalue weighted by molar-refractivity contribution is -0.138. The van der Waals surface area contributed by atoms with Crippen molar-refractivity contribution in [2.45, 2.75) is 98.4 Å². The summed E-state index contributed by atoms with van der Waals surface area (Å²) < 4.78 is 16.6. The van der Waals surface area contributed by atoms with Crippen molar-refractivity contribution in [1.82, 2.24) is 4.98 Å². The Morgan fingerprint density at radius 3 is 2.04 bits per heavy atom. The van der Waals surface area contributed by atoms with Gasteiger partial charge in [0.15, 0.2) is 11.9 Å². The highest BCUT2D eigenvalue weighted by atomic mass is 16.6. The SMILES string of the molecule is CCc1cc(C(Nc2ccc3c(N(C(=O)OC(C)(C)C)C(=O)OC(C)(C)C)nccc3c2)C(=O)O)cc(CC)c1CCOC(=O)Nc1cccc(CN)c1. The van der Waals surface area contributed by atoms with Gasteiger partial charge in [0.1, 0.15) is 11.2 Å².